The highest BCUT2D eigenvalue weighted by Gasteiger charge is 2.46. The van der Waals surface area contributed by atoms with Crippen LogP contribution in [0.1, 0.15) is 19.3 Å². The molecule has 7 heteroatoms. The molecule has 0 aromatic rings. The van der Waals surface area contributed by atoms with Crippen LogP contribution >= 0.6 is 11.8 Å². The van der Waals surface area contributed by atoms with Gasteiger partial charge in [-0.25, -0.2) is 0 Å². The fourth-order valence-electron chi connectivity index (χ4n) is 2.73. The fourth-order valence-corrected chi connectivity index (χ4v) is 3.14. The summed E-state index contributed by atoms with van der Waals surface area (Å²) < 4.78 is 10.4. The molecule has 0 N–H and O–H groups in total. The predicted molar refractivity (Wildman–Crippen MR) is 82.9 cm³/mol. The SMILES string of the molecule is CSCCC(=O)C1C(=O)OC(CCCN2CCOCC2)C1=O. The number of esters is 1. The van der Waals surface area contributed by atoms with E-state index in [1.165, 1.54) is 11.8 Å². The Morgan fingerprint density at radius 3 is 2.73 bits per heavy atom. The van der Waals surface area contributed by atoms with Crippen LogP contribution < -0.4 is 0 Å². The third-order valence-corrected chi connectivity index (χ3v) is 4.63. The number of carbonyl (C=O) groups is 3. The number of cyclic esters (lactones) is 1. The van der Waals surface area contributed by atoms with Crippen molar-refractivity contribution in [2.45, 2.75) is 25.4 Å². The molecule has 0 bridgehead atoms. The second kappa shape index (κ2) is 8.64. The van der Waals surface area contributed by atoms with Crippen LogP contribution in [0, 0.1) is 5.92 Å². The molecule has 0 aliphatic carbocycles. The number of thioether (sulfide) groups is 1. The number of hydrogen-bond donors (Lipinski definition) is 0. The number of hydrogen-bond acceptors (Lipinski definition) is 7. The lowest BCUT2D eigenvalue weighted by Gasteiger charge is -2.26. The first-order valence-corrected chi connectivity index (χ1v) is 9.09. The standard InChI is InChI=1S/C15H23NO5S/c1-22-10-4-11(17)13-14(18)12(21-15(13)19)3-2-5-16-6-8-20-9-7-16/h12-13H,2-10H2,1H3. The Kier molecular flexibility index (Phi) is 6.85. The van der Waals surface area contributed by atoms with E-state index in [0.717, 1.165) is 39.3 Å². The zero-order valence-electron chi connectivity index (χ0n) is 12.9. The molecule has 2 atom stereocenters. The maximum absolute atomic E-state index is 12.2. The lowest BCUT2D eigenvalue weighted by atomic mass is 9.95. The van der Waals surface area contributed by atoms with Crippen molar-refractivity contribution in [3.8, 4) is 0 Å². The fraction of sp³-hybridized carbons (Fsp3) is 0.800. The Balaban J connectivity index is 1.76. The summed E-state index contributed by atoms with van der Waals surface area (Å²) in [5.74, 6) is -1.87. The van der Waals surface area contributed by atoms with Gasteiger partial charge in [-0.1, -0.05) is 0 Å². The summed E-state index contributed by atoms with van der Waals surface area (Å²) in [6.45, 7) is 4.13. The average molecular weight is 329 g/mol. The van der Waals surface area contributed by atoms with Crippen molar-refractivity contribution >= 4 is 29.3 Å². The van der Waals surface area contributed by atoms with E-state index in [-0.39, 0.29) is 18.0 Å². The summed E-state index contributed by atoms with van der Waals surface area (Å²) in [7, 11) is 0. The summed E-state index contributed by atoms with van der Waals surface area (Å²) >= 11 is 1.52. The van der Waals surface area contributed by atoms with Crippen molar-refractivity contribution in [3.63, 3.8) is 0 Å². The van der Waals surface area contributed by atoms with Crippen molar-refractivity contribution in [2.75, 3.05) is 44.9 Å². The van der Waals surface area contributed by atoms with Gasteiger partial charge >= 0.3 is 5.97 Å². The van der Waals surface area contributed by atoms with E-state index < -0.39 is 18.0 Å². The average Bonchev–Trinajstić information content (AvgIpc) is 2.80. The summed E-state index contributed by atoms with van der Waals surface area (Å²) in [5.41, 5.74) is 0. The van der Waals surface area contributed by atoms with Gasteiger partial charge in [0.05, 0.1) is 13.2 Å². The lowest BCUT2D eigenvalue weighted by Crippen LogP contribution is -2.37. The second-order valence-corrected chi connectivity index (χ2v) is 6.55. The largest absolute Gasteiger partial charge is 0.453 e. The molecule has 0 aromatic carbocycles. The van der Waals surface area contributed by atoms with Gasteiger partial charge in [0.15, 0.2) is 23.6 Å². The summed E-state index contributed by atoms with van der Waals surface area (Å²) in [5, 5.41) is 0. The van der Waals surface area contributed by atoms with Gasteiger partial charge < -0.3 is 9.47 Å². The van der Waals surface area contributed by atoms with Gasteiger partial charge in [-0.05, 0) is 31.4 Å². The topological polar surface area (TPSA) is 72.9 Å². The predicted octanol–water partition coefficient (Wildman–Crippen LogP) is 0.532. The van der Waals surface area contributed by atoms with E-state index in [1.807, 2.05) is 6.26 Å². The number of rotatable bonds is 8. The van der Waals surface area contributed by atoms with Crippen LogP contribution in [0.3, 0.4) is 0 Å². The van der Waals surface area contributed by atoms with Gasteiger partial charge in [-0.15, -0.1) is 0 Å². The molecule has 2 saturated heterocycles. The Labute approximate surface area is 134 Å². The van der Waals surface area contributed by atoms with Crippen LogP contribution in [0.25, 0.3) is 0 Å². The molecule has 2 fully saturated rings. The van der Waals surface area contributed by atoms with Gasteiger partial charge in [0.25, 0.3) is 0 Å². The van der Waals surface area contributed by atoms with Crippen molar-refractivity contribution in [1.29, 1.82) is 0 Å². The first kappa shape index (κ1) is 17.4. The van der Waals surface area contributed by atoms with Crippen molar-refractivity contribution in [1.82, 2.24) is 4.90 Å². The first-order valence-electron chi connectivity index (χ1n) is 7.69. The monoisotopic (exact) mass is 329 g/mol. The van der Waals surface area contributed by atoms with Crippen LogP contribution in [0.5, 0.6) is 0 Å². The molecule has 22 heavy (non-hydrogen) atoms. The normalized spacial score (nSPS) is 26.2. The number of ether oxygens (including phenoxy) is 2. The van der Waals surface area contributed by atoms with Crippen LogP contribution in [-0.2, 0) is 23.9 Å². The minimum absolute atomic E-state index is 0.243. The third kappa shape index (κ3) is 4.54. The van der Waals surface area contributed by atoms with Crippen LogP contribution in [0.4, 0.5) is 0 Å². The molecule has 124 valence electrons. The Bertz CT molecular complexity index is 422. The zero-order chi connectivity index (χ0) is 15.9. The van der Waals surface area contributed by atoms with Crippen LogP contribution in [0.2, 0.25) is 0 Å². The third-order valence-electron chi connectivity index (χ3n) is 4.01. The summed E-state index contributed by atoms with van der Waals surface area (Å²) in [6.07, 6.45) is 2.66. The number of Topliss-reactive ketones (excluding diaryl/α,β-unsaturated/α-hetero) is 2. The van der Waals surface area contributed by atoms with Crippen LogP contribution in [-0.4, -0.2) is 73.4 Å². The molecule has 0 radical (unpaired) electrons. The minimum Gasteiger partial charge on any atom is -0.453 e. The van der Waals surface area contributed by atoms with Gasteiger partial charge in [0, 0.05) is 19.5 Å². The number of morpholine rings is 1. The van der Waals surface area contributed by atoms with Crippen molar-refractivity contribution in [3.05, 3.63) is 0 Å². The quantitative estimate of drug-likeness (QED) is 0.475. The smallest absolute Gasteiger partial charge is 0.325 e. The molecule has 0 saturated carbocycles. The number of carbonyl (C=O) groups excluding carboxylic acids is 3. The van der Waals surface area contributed by atoms with E-state index in [2.05, 4.69) is 4.90 Å². The lowest BCUT2D eigenvalue weighted by molar-refractivity contribution is -0.146. The van der Waals surface area contributed by atoms with E-state index in [1.54, 1.807) is 0 Å². The van der Waals surface area contributed by atoms with Gasteiger partial charge in [-0.3, -0.25) is 19.3 Å². The Hall–Kier alpha value is -0.920. The summed E-state index contributed by atoms with van der Waals surface area (Å²) in [6, 6.07) is 0. The molecule has 2 heterocycles. The molecule has 2 aliphatic heterocycles. The van der Waals surface area contributed by atoms with Crippen molar-refractivity contribution in [2.24, 2.45) is 5.92 Å². The molecular formula is C15H23NO5S. The van der Waals surface area contributed by atoms with Gasteiger partial charge in [0.2, 0.25) is 0 Å². The molecule has 0 spiro atoms. The van der Waals surface area contributed by atoms with Crippen LogP contribution in [0.15, 0.2) is 0 Å². The number of nitrogens with zero attached hydrogens (tertiary/aromatic N) is 1. The highest BCUT2D eigenvalue weighted by atomic mass is 32.2. The van der Waals surface area contributed by atoms with E-state index in [4.69, 9.17) is 9.47 Å². The molecule has 2 rings (SSSR count). The Morgan fingerprint density at radius 2 is 2.05 bits per heavy atom. The highest BCUT2D eigenvalue weighted by Crippen LogP contribution is 2.23. The maximum atomic E-state index is 12.2. The maximum Gasteiger partial charge on any atom is 0.325 e. The second-order valence-electron chi connectivity index (χ2n) is 5.57. The van der Waals surface area contributed by atoms with E-state index in [9.17, 15) is 14.4 Å². The van der Waals surface area contributed by atoms with E-state index in [0.29, 0.717) is 12.2 Å². The molecule has 2 aliphatic rings. The molecule has 0 aromatic heterocycles. The zero-order valence-corrected chi connectivity index (χ0v) is 13.7. The number of ketones is 2. The molecule has 0 amide bonds. The molecule has 6 nitrogen and oxygen atoms in total. The van der Waals surface area contributed by atoms with Gasteiger partial charge in [-0.2, -0.15) is 11.8 Å². The van der Waals surface area contributed by atoms with E-state index >= 15 is 0 Å². The Morgan fingerprint density at radius 1 is 1.32 bits per heavy atom. The highest BCUT2D eigenvalue weighted by molar-refractivity contribution is 7.98. The minimum atomic E-state index is -1.18. The first-order chi connectivity index (χ1) is 10.6. The molecule has 2 unspecified atom stereocenters. The van der Waals surface area contributed by atoms with Gasteiger partial charge in [0.1, 0.15) is 0 Å². The molecular weight excluding hydrogens is 306 g/mol. The van der Waals surface area contributed by atoms with Crippen molar-refractivity contribution < 1.29 is 23.9 Å². The summed E-state index contributed by atoms with van der Waals surface area (Å²) in [4.78, 5) is 38.2.